The number of piperazine rings is 1. The summed E-state index contributed by atoms with van der Waals surface area (Å²) in [5, 5.41) is 6.01. The number of nitrogens with zero attached hydrogens (tertiary/aromatic N) is 2. The highest BCUT2D eigenvalue weighted by Gasteiger charge is 2.17. The molecule has 0 saturated carbocycles. The predicted octanol–water partition coefficient (Wildman–Crippen LogP) is -0.280. The molecule has 2 N–H and O–H groups in total. The molecule has 0 bridgehead atoms. The van der Waals surface area contributed by atoms with E-state index in [-0.39, 0.29) is 43.2 Å². The van der Waals surface area contributed by atoms with Gasteiger partial charge >= 0.3 is 0 Å². The Balaban J connectivity index is 0. The molecule has 0 aromatic rings. The number of carbonyl (C=O) groups is 2. The average molecular weight is 329 g/mol. The van der Waals surface area contributed by atoms with E-state index in [1.807, 2.05) is 6.92 Å². The van der Waals surface area contributed by atoms with Gasteiger partial charge in [0.1, 0.15) is 0 Å². The van der Waals surface area contributed by atoms with Crippen molar-refractivity contribution in [3.05, 3.63) is 0 Å². The van der Waals surface area contributed by atoms with Crippen molar-refractivity contribution in [2.24, 2.45) is 0 Å². The van der Waals surface area contributed by atoms with E-state index in [2.05, 4.69) is 15.5 Å². The quantitative estimate of drug-likeness (QED) is 0.704. The molecular formula is C12H26Cl2N4O2. The molecule has 2 amide bonds. The minimum Gasteiger partial charge on any atom is -0.355 e. The van der Waals surface area contributed by atoms with Crippen molar-refractivity contribution < 1.29 is 9.59 Å². The lowest BCUT2D eigenvalue weighted by Gasteiger charge is -2.28. The normalized spacial score (nSPS) is 14.7. The van der Waals surface area contributed by atoms with Gasteiger partial charge in [0.05, 0.1) is 13.1 Å². The molecule has 1 aliphatic rings. The fourth-order valence-electron chi connectivity index (χ4n) is 1.81. The topological polar surface area (TPSA) is 64.7 Å². The molecular weight excluding hydrogens is 303 g/mol. The molecule has 0 radical (unpaired) electrons. The van der Waals surface area contributed by atoms with E-state index in [1.165, 1.54) is 4.90 Å². The lowest BCUT2D eigenvalue weighted by molar-refractivity contribution is -0.135. The van der Waals surface area contributed by atoms with Gasteiger partial charge in [-0.25, -0.2) is 0 Å². The van der Waals surface area contributed by atoms with Crippen LogP contribution in [-0.4, -0.2) is 74.5 Å². The highest BCUT2D eigenvalue weighted by molar-refractivity contribution is 5.86. The largest absolute Gasteiger partial charge is 0.355 e. The third-order valence-electron chi connectivity index (χ3n) is 2.95. The van der Waals surface area contributed by atoms with Crippen molar-refractivity contribution in [2.45, 2.75) is 13.3 Å². The van der Waals surface area contributed by atoms with Gasteiger partial charge in [0.15, 0.2) is 0 Å². The summed E-state index contributed by atoms with van der Waals surface area (Å²) in [7, 11) is 1.68. The van der Waals surface area contributed by atoms with Crippen LogP contribution < -0.4 is 10.6 Å². The van der Waals surface area contributed by atoms with Crippen molar-refractivity contribution >= 4 is 36.6 Å². The first-order chi connectivity index (χ1) is 8.63. The molecule has 6 nitrogen and oxygen atoms in total. The van der Waals surface area contributed by atoms with Crippen LogP contribution in [0.15, 0.2) is 0 Å². The molecule has 1 rings (SSSR count). The number of hydrogen-bond donors (Lipinski definition) is 2. The van der Waals surface area contributed by atoms with E-state index in [4.69, 9.17) is 0 Å². The standard InChI is InChI=1S/C12H24N4O2.2ClH/c1-3-4-14-11(17)9-15(2)12(18)10-16-7-5-13-6-8-16;;/h13H,3-10H2,1-2H3,(H,14,17);2*1H. The van der Waals surface area contributed by atoms with Crippen molar-refractivity contribution in [2.75, 3.05) is 52.9 Å². The Bertz CT molecular complexity index is 287. The molecule has 0 spiro atoms. The van der Waals surface area contributed by atoms with Crippen LogP contribution in [0.5, 0.6) is 0 Å². The number of nitrogens with one attached hydrogen (secondary N) is 2. The molecule has 8 heteroatoms. The summed E-state index contributed by atoms with van der Waals surface area (Å²) in [6.45, 7) is 6.84. The Morgan fingerprint density at radius 2 is 1.85 bits per heavy atom. The van der Waals surface area contributed by atoms with E-state index < -0.39 is 0 Å². The Hall–Kier alpha value is -0.560. The zero-order valence-electron chi connectivity index (χ0n) is 12.2. The van der Waals surface area contributed by atoms with Gasteiger partial charge in [-0.1, -0.05) is 6.92 Å². The number of likely N-dealkylation sites (N-methyl/N-ethyl adjacent to an activating group) is 1. The fourth-order valence-corrected chi connectivity index (χ4v) is 1.81. The van der Waals surface area contributed by atoms with Gasteiger partial charge in [0, 0.05) is 39.8 Å². The maximum atomic E-state index is 11.9. The molecule has 1 aliphatic heterocycles. The highest BCUT2D eigenvalue weighted by atomic mass is 35.5. The van der Waals surface area contributed by atoms with Crippen LogP contribution in [0.3, 0.4) is 0 Å². The first-order valence-corrected chi connectivity index (χ1v) is 6.57. The van der Waals surface area contributed by atoms with Crippen molar-refractivity contribution in [1.82, 2.24) is 20.4 Å². The summed E-state index contributed by atoms with van der Waals surface area (Å²) >= 11 is 0. The van der Waals surface area contributed by atoms with Crippen LogP contribution in [0.1, 0.15) is 13.3 Å². The van der Waals surface area contributed by atoms with Gasteiger partial charge in [0.25, 0.3) is 0 Å². The average Bonchev–Trinajstić information content (AvgIpc) is 2.37. The summed E-state index contributed by atoms with van der Waals surface area (Å²) in [5.41, 5.74) is 0. The lowest BCUT2D eigenvalue weighted by Crippen LogP contribution is -2.49. The summed E-state index contributed by atoms with van der Waals surface area (Å²) < 4.78 is 0. The van der Waals surface area contributed by atoms with E-state index in [1.54, 1.807) is 7.05 Å². The molecule has 0 aliphatic carbocycles. The second kappa shape index (κ2) is 12.2. The maximum Gasteiger partial charge on any atom is 0.239 e. The van der Waals surface area contributed by atoms with Crippen molar-refractivity contribution in [3.63, 3.8) is 0 Å². The van der Waals surface area contributed by atoms with Crippen LogP contribution in [0.4, 0.5) is 0 Å². The van der Waals surface area contributed by atoms with Crippen molar-refractivity contribution in [3.8, 4) is 0 Å². The van der Waals surface area contributed by atoms with E-state index in [0.717, 1.165) is 32.6 Å². The second-order valence-electron chi connectivity index (χ2n) is 4.63. The fraction of sp³-hybridized carbons (Fsp3) is 0.833. The van der Waals surface area contributed by atoms with Crippen LogP contribution >= 0.6 is 24.8 Å². The van der Waals surface area contributed by atoms with Crippen LogP contribution in [0, 0.1) is 0 Å². The smallest absolute Gasteiger partial charge is 0.239 e. The first kappa shape index (κ1) is 21.7. The molecule has 1 heterocycles. The third kappa shape index (κ3) is 8.58. The Kier molecular flexibility index (Phi) is 13.3. The predicted molar refractivity (Wildman–Crippen MR) is 84.7 cm³/mol. The molecule has 0 unspecified atom stereocenters. The monoisotopic (exact) mass is 328 g/mol. The second-order valence-corrected chi connectivity index (χ2v) is 4.63. The van der Waals surface area contributed by atoms with Crippen molar-refractivity contribution in [1.29, 1.82) is 0 Å². The molecule has 1 fully saturated rings. The molecule has 0 aromatic heterocycles. The summed E-state index contributed by atoms with van der Waals surface area (Å²) in [6, 6.07) is 0. The minimum absolute atomic E-state index is 0. The Morgan fingerprint density at radius 3 is 2.40 bits per heavy atom. The Labute approximate surface area is 133 Å². The summed E-state index contributed by atoms with van der Waals surface area (Å²) in [6.07, 6.45) is 0.907. The van der Waals surface area contributed by atoms with Crippen LogP contribution in [0.25, 0.3) is 0 Å². The molecule has 0 atom stereocenters. The van der Waals surface area contributed by atoms with Gasteiger partial charge in [-0.05, 0) is 6.42 Å². The number of carbonyl (C=O) groups excluding carboxylic acids is 2. The van der Waals surface area contributed by atoms with Gasteiger partial charge in [0.2, 0.25) is 11.8 Å². The van der Waals surface area contributed by atoms with Gasteiger partial charge in [-0.15, -0.1) is 24.8 Å². The lowest BCUT2D eigenvalue weighted by atomic mass is 10.3. The number of hydrogen-bond acceptors (Lipinski definition) is 4. The van der Waals surface area contributed by atoms with E-state index in [9.17, 15) is 9.59 Å². The first-order valence-electron chi connectivity index (χ1n) is 6.57. The SMILES string of the molecule is CCCNC(=O)CN(C)C(=O)CN1CCNCC1.Cl.Cl. The number of halogens is 2. The van der Waals surface area contributed by atoms with Crippen LogP contribution in [-0.2, 0) is 9.59 Å². The molecule has 1 saturated heterocycles. The highest BCUT2D eigenvalue weighted by Crippen LogP contribution is 1.94. The Morgan fingerprint density at radius 1 is 1.25 bits per heavy atom. The van der Waals surface area contributed by atoms with Gasteiger partial charge in [-0.2, -0.15) is 0 Å². The number of rotatable bonds is 6. The minimum atomic E-state index is -0.0898. The van der Waals surface area contributed by atoms with E-state index in [0.29, 0.717) is 13.1 Å². The molecule has 120 valence electrons. The summed E-state index contributed by atoms with van der Waals surface area (Å²) in [5.74, 6) is -0.0865. The zero-order chi connectivity index (χ0) is 13.4. The maximum absolute atomic E-state index is 11.9. The summed E-state index contributed by atoms with van der Waals surface area (Å²) in [4.78, 5) is 27.0. The van der Waals surface area contributed by atoms with Crippen LogP contribution in [0.2, 0.25) is 0 Å². The molecule has 0 aromatic carbocycles. The number of amides is 2. The molecule has 20 heavy (non-hydrogen) atoms. The third-order valence-corrected chi connectivity index (χ3v) is 2.95. The van der Waals surface area contributed by atoms with Gasteiger partial charge in [-0.3, -0.25) is 14.5 Å². The zero-order valence-corrected chi connectivity index (χ0v) is 13.8. The van der Waals surface area contributed by atoms with E-state index >= 15 is 0 Å². The van der Waals surface area contributed by atoms with Gasteiger partial charge < -0.3 is 15.5 Å².